The van der Waals surface area contributed by atoms with Gasteiger partial charge in [-0.2, -0.15) is 0 Å². The summed E-state index contributed by atoms with van der Waals surface area (Å²) in [5.41, 5.74) is 0. The molecule has 0 aliphatic heterocycles. The zero-order chi connectivity index (χ0) is 12.2. The van der Waals surface area contributed by atoms with Crippen molar-refractivity contribution < 1.29 is 0 Å². The molecule has 0 unspecified atom stereocenters. The highest BCUT2D eigenvalue weighted by Crippen LogP contribution is 2.26. The van der Waals surface area contributed by atoms with Crippen molar-refractivity contribution in [3.8, 4) is 0 Å². The zero-order valence-corrected chi connectivity index (χ0v) is 12.1. The molecule has 0 fully saturated rings. The van der Waals surface area contributed by atoms with Crippen molar-refractivity contribution in [1.29, 1.82) is 0 Å². The predicted octanol–water partition coefficient (Wildman–Crippen LogP) is 6.16. The van der Waals surface area contributed by atoms with E-state index < -0.39 is 0 Å². The Kier molecular flexibility index (Phi) is 11.5. The quantitative estimate of drug-likeness (QED) is 0.369. The van der Waals surface area contributed by atoms with Crippen molar-refractivity contribution in [1.82, 2.24) is 0 Å². The van der Waals surface area contributed by atoms with Crippen molar-refractivity contribution in [2.75, 3.05) is 0 Å². The van der Waals surface area contributed by atoms with Crippen LogP contribution in [0.25, 0.3) is 0 Å². The van der Waals surface area contributed by atoms with E-state index in [4.69, 9.17) is 0 Å². The molecule has 1 radical (unpaired) electrons. The average Bonchev–Trinajstić information content (AvgIpc) is 2.25. The van der Waals surface area contributed by atoms with Crippen LogP contribution in [-0.2, 0) is 0 Å². The molecule has 0 atom stereocenters. The molecular weight excluding hydrogens is 192 g/mol. The molecule has 0 N–H and O–H groups in total. The standard InChI is InChI=1S/C16H33/c1-5-7-9-11-16(12-10-8-6-2)14-13-15(3)4/h15H,5-14H2,1-4H3. The van der Waals surface area contributed by atoms with Gasteiger partial charge in [-0.25, -0.2) is 0 Å². The van der Waals surface area contributed by atoms with Gasteiger partial charge in [-0.15, -0.1) is 0 Å². The number of rotatable bonds is 11. The fourth-order valence-corrected chi connectivity index (χ4v) is 2.12. The maximum atomic E-state index is 2.34. The second-order valence-electron chi connectivity index (χ2n) is 5.60. The summed E-state index contributed by atoms with van der Waals surface area (Å²) in [6, 6.07) is 0. The first-order valence-corrected chi connectivity index (χ1v) is 7.54. The van der Waals surface area contributed by atoms with Gasteiger partial charge in [-0.05, 0) is 31.1 Å². The molecule has 0 nitrogen and oxygen atoms in total. The van der Waals surface area contributed by atoms with Crippen molar-refractivity contribution in [2.24, 2.45) is 5.92 Å². The lowest BCUT2D eigenvalue weighted by molar-refractivity contribution is 0.502. The molecule has 0 heterocycles. The highest BCUT2D eigenvalue weighted by Gasteiger charge is 2.09. The second-order valence-corrected chi connectivity index (χ2v) is 5.60. The fourth-order valence-electron chi connectivity index (χ4n) is 2.12. The first-order valence-electron chi connectivity index (χ1n) is 7.54. The van der Waals surface area contributed by atoms with Crippen LogP contribution in [0, 0.1) is 11.8 Å². The maximum Gasteiger partial charge on any atom is -0.0241 e. The Labute approximate surface area is 104 Å². The summed E-state index contributed by atoms with van der Waals surface area (Å²) in [5, 5.41) is 0. The van der Waals surface area contributed by atoms with Gasteiger partial charge in [0.2, 0.25) is 0 Å². The molecule has 0 saturated carbocycles. The molecule has 0 aliphatic carbocycles. The van der Waals surface area contributed by atoms with Crippen molar-refractivity contribution in [3.05, 3.63) is 5.92 Å². The molecule has 0 bridgehead atoms. The Morgan fingerprint density at radius 2 is 1.25 bits per heavy atom. The topological polar surface area (TPSA) is 0 Å². The minimum absolute atomic E-state index is 0.868. The van der Waals surface area contributed by atoms with Crippen molar-refractivity contribution in [3.63, 3.8) is 0 Å². The summed E-state index contributed by atoms with van der Waals surface area (Å²) in [7, 11) is 0. The lowest BCUT2D eigenvalue weighted by Crippen LogP contribution is -2.01. The van der Waals surface area contributed by atoms with Crippen LogP contribution < -0.4 is 0 Å². The van der Waals surface area contributed by atoms with Crippen LogP contribution in [0.1, 0.15) is 91.9 Å². The van der Waals surface area contributed by atoms with Crippen LogP contribution in [0.5, 0.6) is 0 Å². The summed E-state index contributed by atoms with van der Waals surface area (Å²) < 4.78 is 0. The molecule has 0 saturated heterocycles. The molecule has 0 spiro atoms. The Bertz CT molecular complexity index is 116. The van der Waals surface area contributed by atoms with Gasteiger partial charge in [0.05, 0.1) is 0 Å². The van der Waals surface area contributed by atoms with Gasteiger partial charge in [0.25, 0.3) is 0 Å². The first kappa shape index (κ1) is 16.0. The molecule has 97 valence electrons. The van der Waals surface area contributed by atoms with E-state index in [1.165, 1.54) is 64.2 Å². The van der Waals surface area contributed by atoms with E-state index >= 15 is 0 Å². The van der Waals surface area contributed by atoms with Crippen LogP contribution in [0.15, 0.2) is 0 Å². The minimum atomic E-state index is 0.868. The lowest BCUT2D eigenvalue weighted by atomic mass is 9.89. The highest BCUT2D eigenvalue weighted by molar-refractivity contribution is 4.89. The summed E-state index contributed by atoms with van der Waals surface area (Å²) in [4.78, 5) is 0. The monoisotopic (exact) mass is 225 g/mol. The van der Waals surface area contributed by atoms with E-state index in [2.05, 4.69) is 27.7 Å². The van der Waals surface area contributed by atoms with Crippen LogP contribution in [0.2, 0.25) is 0 Å². The van der Waals surface area contributed by atoms with Gasteiger partial charge in [-0.1, -0.05) is 72.6 Å². The molecule has 0 aromatic carbocycles. The molecule has 0 rings (SSSR count). The van der Waals surface area contributed by atoms with Gasteiger partial charge < -0.3 is 0 Å². The van der Waals surface area contributed by atoms with E-state index in [-0.39, 0.29) is 0 Å². The van der Waals surface area contributed by atoms with Crippen molar-refractivity contribution >= 4 is 0 Å². The highest BCUT2D eigenvalue weighted by atomic mass is 14.1. The van der Waals surface area contributed by atoms with Gasteiger partial charge in [-0.3, -0.25) is 0 Å². The van der Waals surface area contributed by atoms with Gasteiger partial charge in [0.1, 0.15) is 0 Å². The molecule has 0 heteroatoms. The van der Waals surface area contributed by atoms with E-state index in [1.54, 1.807) is 0 Å². The number of hydrogen-bond acceptors (Lipinski definition) is 0. The molecular formula is C16H33. The third kappa shape index (κ3) is 10.5. The molecule has 0 aromatic rings. The van der Waals surface area contributed by atoms with Crippen LogP contribution in [0.4, 0.5) is 0 Å². The molecule has 16 heavy (non-hydrogen) atoms. The Balaban J connectivity index is 3.67. The zero-order valence-electron chi connectivity index (χ0n) is 12.1. The smallest absolute Gasteiger partial charge is 0.0241 e. The summed E-state index contributed by atoms with van der Waals surface area (Å²) in [6.45, 7) is 9.28. The van der Waals surface area contributed by atoms with Crippen molar-refractivity contribution in [2.45, 2.75) is 91.9 Å². The van der Waals surface area contributed by atoms with Crippen LogP contribution >= 0.6 is 0 Å². The number of hydrogen-bond donors (Lipinski definition) is 0. The van der Waals surface area contributed by atoms with Gasteiger partial charge in [0, 0.05) is 0 Å². The van der Waals surface area contributed by atoms with E-state index in [9.17, 15) is 0 Å². The maximum absolute atomic E-state index is 2.34. The largest absolute Gasteiger partial charge is 0.0654 e. The Hall–Kier alpha value is 0. The van der Waals surface area contributed by atoms with E-state index in [1.807, 2.05) is 5.92 Å². The SMILES string of the molecule is CCCCC[C](CCCCC)CCC(C)C. The fraction of sp³-hybridized carbons (Fsp3) is 0.938. The summed E-state index contributed by atoms with van der Waals surface area (Å²) >= 11 is 0. The average molecular weight is 225 g/mol. The third-order valence-corrected chi connectivity index (χ3v) is 3.34. The second kappa shape index (κ2) is 11.5. The Morgan fingerprint density at radius 1 is 0.750 bits per heavy atom. The summed E-state index contributed by atoms with van der Waals surface area (Å²) in [6.07, 6.45) is 14.0. The molecule has 0 amide bonds. The predicted molar refractivity (Wildman–Crippen MR) is 75.6 cm³/mol. The van der Waals surface area contributed by atoms with E-state index in [0.29, 0.717) is 0 Å². The van der Waals surface area contributed by atoms with Gasteiger partial charge in [0.15, 0.2) is 0 Å². The van der Waals surface area contributed by atoms with Crippen LogP contribution in [-0.4, -0.2) is 0 Å². The first-order chi connectivity index (χ1) is 7.70. The van der Waals surface area contributed by atoms with E-state index in [0.717, 1.165) is 5.92 Å². The normalized spacial score (nSPS) is 11.6. The lowest BCUT2D eigenvalue weighted by Gasteiger charge is -2.17. The number of unbranched alkanes of at least 4 members (excludes halogenated alkanes) is 4. The van der Waals surface area contributed by atoms with Gasteiger partial charge >= 0.3 is 0 Å². The van der Waals surface area contributed by atoms with Crippen LogP contribution in [0.3, 0.4) is 0 Å². The summed E-state index contributed by atoms with van der Waals surface area (Å²) in [5.74, 6) is 2.72. The Morgan fingerprint density at radius 3 is 1.62 bits per heavy atom. The molecule has 0 aromatic heterocycles. The third-order valence-electron chi connectivity index (χ3n) is 3.34. The molecule has 0 aliphatic rings. The minimum Gasteiger partial charge on any atom is -0.0654 e.